The van der Waals surface area contributed by atoms with E-state index in [9.17, 15) is 23.1 Å². The SMILES string of the molecule is Cc1cccc(C(F)(F)C(=O)[O-])c1F. The lowest BCUT2D eigenvalue weighted by Gasteiger charge is -2.18. The van der Waals surface area contributed by atoms with Crippen LogP contribution in [0, 0.1) is 12.7 Å². The standard InChI is InChI=1S/C9H7F3O2/c1-5-3-2-4-6(7(5)10)9(11,12)8(13)14/h2-4H,1H3,(H,13,14)/p-1. The average Bonchev–Trinajstić information content (AvgIpc) is 2.09. The van der Waals surface area contributed by atoms with Crippen LogP contribution in [0.15, 0.2) is 18.2 Å². The second-order valence-corrected chi connectivity index (χ2v) is 2.80. The lowest BCUT2D eigenvalue weighted by molar-refractivity contribution is -0.331. The molecule has 1 rings (SSSR count). The van der Waals surface area contributed by atoms with E-state index in [0.717, 1.165) is 12.1 Å². The third-order valence-electron chi connectivity index (χ3n) is 1.79. The van der Waals surface area contributed by atoms with E-state index in [1.807, 2.05) is 0 Å². The molecule has 14 heavy (non-hydrogen) atoms. The van der Waals surface area contributed by atoms with Gasteiger partial charge in [-0.15, -0.1) is 0 Å². The largest absolute Gasteiger partial charge is 0.544 e. The molecule has 0 heterocycles. The zero-order chi connectivity index (χ0) is 10.9. The number of carbonyl (C=O) groups is 1. The highest BCUT2D eigenvalue weighted by Gasteiger charge is 2.36. The maximum atomic E-state index is 13.1. The summed E-state index contributed by atoms with van der Waals surface area (Å²) in [6.07, 6.45) is 0. The first-order valence-electron chi connectivity index (χ1n) is 3.72. The molecule has 0 spiro atoms. The minimum absolute atomic E-state index is 0.0385. The minimum atomic E-state index is -4.30. The highest BCUT2D eigenvalue weighted by Crippen LogP contribution is 2.30. The molecule has 0 fully saturated rings. The smallest absolute Gasteiger partial charge is 0.315 e. The highest BCUT2D eigenvalue weighted by molar-refractivity contribution is 5.75. The van der Waals surface area contributed by atoms with Gasteiger partial charge in [0.05, 0.1) is 5.56 Å². The Morgan fingerprint density at radius 3 is 2.50 bits per heavy atom. The summed E-state index contributed by atoms with van der Waals surface area (Å²) >= 11 is 0. The Morgan fingerprint density at radius 2 is 2.00 bits per heavy atom. The van der Waals surface area contributed by atoms with Crippen molar-refractivity contribution in [3.8, 4) is 0 Å². The fourth-order valence-electron chi connectivity index (χ4n) is 1.000. The lowest BCUT2D eigenvalue weighted by atomic mass is 10.0. The fourth-order valence-corrected chi connectivity index (χ4v) is 1.000. The monoisotopic (exact) mass is 203 g/mol. The van der Waals surface area contributed by atoms with Gasteiger partial charge in [-0.25, -0.2) is 4.39 Å². The van der Waals surface area contributed by atoms with Crippen LogP contribution in [-0.4, -0.2) is 5.97 Å². The summed E-state index contributed by atoms with van der Waals surface area (Å²) < 4.78 is 38.7. The van der Waals surface area contributed by atoms with Crippen molar-refractivity contribution in [1.29, 1.82) is 0 Å². The number of carbonyl (C=O) groups excluding carboxylic acids is 1. The van der Waals surface area contributed by atoms with E-state index in [0.29, 0.717) is 0 Å². The van der Waals surface area contributed by atoms with E-state index in [2.05, 4.69) is 0 Å². The maximum Gasteiger partial charge on any atom is 0.315 e. The number of carboxylic acid groups (broad SMARTS) is 1. The van der Waals surface area contributed by atoms with Crippen LogP contribution in [0.3, 0.4) is 0 Å². The van der Waals surface area contributed by atoms with Gasteiger partial charge in [-0.2, -0.15) is 8.78 Å². The molecule has 1 aromatic carbocycles. The van der Waals surface area contributed by atoms with Crippen molar-refractivity contribution < 1.29 is 23.1 Å². The molecular weight excluding hydrogens is 197 g/mol. The van der Waals surface area contributed by atoms with Gasteiger partial charge in [-0.05, 0) is 18.6 Å². The zero-order valence-corrected chi connectivity index (χ0v) is 7.18. The highest BCUT2D eigenvalue weighted by atomic mass is 19.3. The van der Waals surface area contributed by atoms with Gasteiger partial charge in [0.15, 0.2) is 0 Å². The molecule has 0 aliphatic heterocycles. The number of hydrogen-bond acceptors (Lipinski definition) is 2. The number of halogens is 3. The third-order valence-corrected chi connectivity index (χ3v) is 1.79. The van der Waals surface area contributed by atoms with Crippen LogP contribution in [0.5, 0.6) is 0 Å². The fraction of sp³-hybridized carbons (Fsp3) is 0.222. The molecule has 0 N–H and O–H groups in total. The van der Waals surface area contributed by atoms with Crippen LogP contribution in [0.2, 0.25) is 0 Å². The topological polar surface area (TPSA) is 40.1 Å². The van der Waals surface area contributed by atoms with Crippen LogP contribution in [0.25, 0.3) is 0 Å². The Balaban J connectivity index is 3.33. The van der Waals surface area contributed by atoms with Crippen LogP contribution < -0.4 is 5.11 Å². The summed E-state index contributed by atoms with van der Waals surface area (Å²) in [6.45, 7) is 1.27. The Bertz CT molecular complexity index is 374. The van der Waals surface area contributed by atoms with Gasteiger partial charge in [0.25, 0.3) is 0 Å². The first-order chi connectivity index (χ1) is 6.37. The molecule has 0 aliphatic carbocycles. The summed E-state index contributed by atoms with van der Waals surface area (Å²) in [4.78, 5) is 10.1. The van der Waals surface area contributed by atoms with Gasteiger partial charge in [-0.1, -0.05) is 12.1 Å². The van der Waals surface area contributed by atoms with E-state index >= 15 is 0 Å². The molecule has 0 radical (unpaired) electrons. The number of benzene rings is 1. The molecule has 0 amide bonds. The molecule has 5 heteroatoms. The molecule has 2 nitrogen and oxygen atoms in total. The Hall–Kier alpha value is -1.52. The normalized spacial score (nSPS) is 11.4. The number of alkyl halides is 2. The molecule has 0 bridgehead atoms. The van der Waals surface area contributed by atoms with E-state index < -0.39 is 23.3 Å². The van der Waals surface area contributed by atoms with Crippen LogP contribution in [-0.2, 0) is 10.7 Å². The summed E-state index contributed by atoms with van der Waals surface area (Å²) in [5, 5.41) is 10.1. The predicted molar refractivity (Wildman–Crippen MR) is 40.0 cm³/mol. The second-order valence-electron chi connectivity index (χ2n) is 2.80. The molecule has 0 aromatic heterocycles. The van der Waals surface area contributed by atoms with Gasteiger partial charge in [0.2, 0.25) is 0 Å². The van der Waals surface area contributed by atoms with E-state index in [4.69, 9.17) is 0 Å². The van der Waals surface area contributed by atoms with Gasteiger partial charge >= 0.3 is 5.92 Å². The molecular formula is C9H6F3O2-. The van der Waals surface area contributed by atoms with Gasteiger partial charge in [0, 0.05) is 0 Å². The summed E-state index contributed by atoms with van der Waals surface area (Å²) in [7, 11) is 0. The van der Waals surface area contributed by atoms with Crippen molar-refractivity contribution in [2.75, 3.05) is 0 Å². The number of rotatable bonds is 2. The summed E-state index contributed by atoms with van der Waals surface area (Å²) in [5.74, 6) is -8.13. The van der Waals surface area contributed by atoms with Crippen molar-refractivity contribution in [3.63, 3.8) is 0 Å². The van der Waals surface area contributed by atoms with Crippen molar-refractivity contribution in [1.82, 2.24) is 0 Å². The van der Waals surface area contributed by atoms with Crippen LogP contribution in [0.1, 0.15) is 11.1 Å². The van der Waals surface area contributed by atoms with Crippen molar-refractivity contribution >= 4 is 5.97 Å². The average molecular weight is 203 g/mol. The van der Waals surface area contributed by atoms with Gasteiger partial charge < -0.3 is 9.90 Å². The Kier molecular flexibility index (Phi) is 2.51. The molecule has 0 unspecified atom stereocenters. The van der Waals surface area contributed by atoms with Crippen molar-refractivity contribution in [2.45, 2.75) is 12.8 Å². The zero-order valence-electron chi connectivity index (χ0n) is 7.18. The first kappa shape index (κ1) is 10.6. The number of carboxylic acids is 1. The summed E-state index contributed by atoms with van der Waals surface area (Å²) in [5.41, 5.74) is -1.21. The molecule has 0 aliphatic rings. The van der Waals surface area contributed by atoms with Crippen LogP contribution >= 0.6 is 0 Å². The van der Waals surface area contributed by atoms with E-state index in [1.165, 1.54) is 13.0 Å². The number of aryl methyl sites for hydroxylation is 1. The molecule has 76 valence electrons. The van der Waals surface area contributed by atoms with Crippen molar-refractivity contribution in [2.24, 2.45) is 0 Å². The quantitative estimate of drug-likeness (QED) is 0.718. The number of aliphatic carboxylic acids is 1. The molecule has 0 atom stereocenters. The second kappa shape index (κ2) is 3.32. The predicted octanol–water partition coefficient (Wildman–Crippen LogP) is 0.976. The molecule has 1 aromatic rings. The van der Waals surface area contributed by atoms with Gasteiger partial charge in [0.1, 0.15) is 11.8 Å². The molecule has 0 saturated heterocycles. The minimum Gasteiger partial charge on any atom is -0.544 e. The first-order valence-corrected chi connectivity index (χ1v) is 3.72. The third kappa shape index (κ3) is 1.57. The lowest BCUT2D eigenvalue weighted by Crippen LogP contribution is -2.39. The van der Waals surface area contributed by atoms with E-state index in [-0.39, 0.29) is 5.56 Å². The number of hydrogen-bond donors (Lipinski definition) is 0. The Morgan fingerprint density at radius 1 is 1.43 bits per heavy atom. The Labute approximate surface area is 78.0 Å². The van der Waals surface area contributed by atoms with E-state index in [1.54, 1.807) is 0 Å². The molecule has 0 saturated carbocycles. The van der Waals surface area contributed by atoms with Crippen molar-refractivity contribution in [3.05, 3.63) is 35.1 Å². The maximum absolute atomic E-state index is 13.1. The van der Waals surface area contributed by atoms with Gasteiger partial charge in [-0.3, -0.25) is 0 Å². The summed E-state index contributed by atoms with van der Waals surface area (Å²) in [6, 6.07) is 3.15. The van der Waals surface area contributed by atoms with Crippen LogP contribution in [0.4, 0.5) is 13.2 Å².